The van der Waals surface area contributed by atoms with E-state index in [4.69, 9.17) is 0 Å². The number of nitrogens with zero attached hydrogens (tertiary/aromatic N) is 2. The molecule has 1 atom stereocenters. The Morgan fingerprint density at radius 2 is 1.68 bits per heavy atom. The second-order valence-corrected chi connectivity index (χ2v) is 11.6. The van der Waals surface area contributed by atoms with E-state index in [0.29, 0.717) is 38.3 Å². The van der Waals surface area contributed by atoms with E-state index in [1.807, 2.05) is 20.8 Å². The summed E-state index contributed by atoms with van der Waals surface area (Å²) < 4.78 is 27.7. The number of hydrogen-bond acceptors (Lipinski definition) is 4. The van der Waals surface area contributed by atoms with Crippen LogP contribution in [0, 0.1) is 11.3 Å². The number of hydrogen-bond donors (Lipinski definition) is 1. The van der Waals surface area contributed by atoms with Gasteiger partial charge in [0.15, 0.2) is 0 Å². The Kier molecular flexibility index (Phi) is 7.42. The number of nitrogens with one attached hydrogen (secondary N) is 1. The molecule has 1 aromatic carbocycles. The lowest BCUT2D eigenvalue weighted by molar-refractivity contribution is -0.142. The van der Waals surface area contributed by atoms with Crippen LogP contribution in [0.5, 0.6) is 0 Å². The molecule has 2 aliphatic rings. The van der Waals surface area contributed by atoms with Crippen LogP contribution in [0.3, 0.4) is 0 Å². The van der Waals surface area contributed by atoms with E-state index in [0.717, 1.165) is 32.1 Å². The summed E-state index contributed by atoms with van der Waals surface area (Å²) >= 11 is 0. The zero-order valence-corrected chi connectivity index (χ0v) is 19.7. The van der Waals surface area contributed by atoms with Gasteiger partial charge in [-0.1, -0.05) is 39.7 Å². The fraction of sp³-hybridized carbons (Fsp3) is 0.652. The molecule has 0 spiro atoms. The van der Waals surface area contributed by atoms with Crippen molar-refractivity contribution in [3.05, 3.63) is 24.3 Å². The highest BCUT2D eigenvalue weighted by Crippen LogP contribution is 2.26. The second kappa shape index (κ2) is 9.69. The Hall–Kier alpha value is -1.93. The fourth-order valence-electron chi connectivity index (χ4n) is 4.26. The van der Waals surface area contributed by atoms with Crippen molar-refractivity contribution in [2.45, 2.75) is 64.2 Å². The Balaban J connectivity index is 1.69. The summed E-state index contributed by atoms with van der Waals surface area (Å²) in [7, 11) is -3.58. The molecule has 1 N–H and O–H groups in total. The van der Waals surface area contributed by atoms with Crippen molar-refractivity contribution in [2.75, 3.05) is 31.5 Å². The smallest absolute Gasteiger partial charge is 0.243 e. The summed E-state index contributed by atoms with van der Waals surface area (Å²) in [5, 5.41) is 2.88. The summed E-state index contributed by atoms with van der Waals surface area (Å²) in [6, 6.07) is 6.50. The Bertz CT molecular complexity index is 900. The van der Waals surface area contributed by atoms with Crippen molar-refractivity contribution in [3.63, 3.8) is 0 Å². The van der Waals surface area contributed by atoms with Crippen LogP contribution in [0.15, 0.2) is 29.2 Å². The molecule has 0 radical (unpaired) electrons. The largest absolute Gasteiger partial charge is 0.341 e. The van der Waals surface area contributed by atoms with Gasteiger partial charge in [-0.25, -0.2) is 8.42 Å². The van der Waals surface area contributed by atoms with Gasteiger partial charge in [-0.3, -0.25) is 9.59 Å². The lowest BCUT2D eigenvalue weighted by Crippen LogP contribution is -2.47. The number of carbonyl (C=O) groups is 2. The van der Waals surface area contributed by atoms with E-state index in [-0.39, 0.29) is 22.6 Å². The molecule has 2 heterocycles. The van der Waals surface area contributed by atoms with Crippen LogP contribution in [0.4, 0.5) is 5.69 Å². The predicted octanol–water partition coefficient (Wildman–Crippen LogP) is 3.47. The SMILES string of the molecule is CC(C)(C)C(=O)N1CCCC(C(=O)Nc2cccc(S(=O)(=O)N3CCCCCC3)c2)C1. The van der Waals surface area contributed by atoms with Gasteiger partial charge in [0.1, 0.15) is 0 Å². The van der Waals surface area contributed by atoms with E-state index >= 15 is 0 Å². The minimum atomic E-state index is -3.58. The third kappa shape index (κ3) is 5.86. The highest BCUT2D eigenvalue weighted by molar-refractivity contribution is 7.89. The Morgan fingerprint density at radius 3 is 2.32 bits per heavy atom. The Labute approximate surface area is 186 Å². The molecule has 172 valence electrons. The van der Waals surface area contributed by atoms with E-state index in [1.54, 1.807) is 33.5 Å². The number of amides is 2. The molecule has 0 aromatic heterocycles. The molecular weight excluding hydrogens is 414 g/mol. The van der Waals surface area contributed by atoms with Gasteiger partial charge < -0.3 is 10.2 Å². The summed E-state index contributed by atoms with van der Waals surface area (Å²) in [4.78, 5) is 27.5. The molecule has 2 fully saturated rings. The number of anilines is 1. The topological polar surface area (TPSA) is 86.8 Å². The third-order valence-corrected chi connectivity index (χ3v) is 7.92. The van der Waals surface area contributed by atoms with Crippen LogP contribution in [0.1, 0.15) is 59.3 Å². The molecule has 0 bridgehead atoms. The molecule has 31 heavy (non-hydrogen) atoms. The van der Waals surface area contributed by atoms with E-state index in [2.05, 4.69) is 5.32 Å². The molecule has 1 aromatic rings. The minimum absolute atomic E-state index is 0.0514. The molecule has 2 saturated heterocycles. The average Bonchev–Trinajstić information content (AvgIpc) is 3.03. The van der Waals surface area contributed by atoms with Crippen molar-refractivity contribution >= 4 is 27.5 Å². The number of piperidine rings is 1. The van der Waals surface area contributed by atoms with Gasteiger partial charge >= 0.3 is 0 Å². The maximum Gasteiger partial charge on any atom is 0.243 e. The first-order chi connectivity index (χ1) is 14.6. The standard InChI is InChI=1S/C23H35N3O4S/c1-23(2,3)22(28)25-13-9-10-18(17-25)21(27)24-19-11-8-12-20(16-19)31(29,30)26-14-6-4-5-7-15-26/h8,11-12,16,18H,4-7,9-10,13-15,17H2,1-3H3,(H,24,27). The van der Waals surface area contributed by atoms with Gasteiger partial charge in [-0.2, -0.15) is 4.31 Å². The Morgan fingerprint density at radius 1 is 1.00 bits per heavy atom. The van der Waals surface area contributed by atoms with Crippen molar-refractivity contribution in [2.24, 2.45) is 11.3 Å². The maximum absolute atomic E-state index is 13.1. The van der Waals surface area contributed by atoms with E-state index in [9.17, 15) is 18.0 Å². The van der Waals surface area contributed by atoms with Crippen LogP contribution >= 0.6 is 0 Å². The van der Waals surface area contributed by atoms with Gasteiger partial charge in [0.2, 0.25) is 21.8 Å². The summed E-state index contributed by atoms with van der Waals surface area (Å²) in [6.45, 7) is 7.80. The van der Waals surface area contributed by atoms with Crippen molar-refractivity contribution in [3.8, 4) is 0 Å². The molecule has 7 nitrogen and oxygen atoms in total. The number of rotatable bonds is 4. The molecule has 2 amide bonds. The first-order valence-corrected chi connectivity index (χ1v) is 12.7. The molecule has 2 aliphatic heterocycles. The zero-order valence-electron chi connectivity index (χ0n) is 18.9. The predicted molar refractivity (Wildman–Crippen MR) is 121 cm³/mol. The van der Waals surface area contributed by atoms with Crippen LogP contribution in [-0.2, 0) is 19.6 Å². The van der Waals surface area contributed by atoms with Gasteiger partial charge in [-0.15, -0.1) is 0 Å². The van der Waals surface area contributed by atoms with Crippen molar-refractivity contribution in [1.82, 2.24) is 9.21 Å². The molecule has 3 rings (SSSR count). The van der Waals surface area contributed by atoms with Crippen molar-refractivity contribution in [1.29, 1.82) is 0 Å². The first-order valence-electron chi connectivity index (χ1n) is 11.3. The second-order valence-electron chi connectivity index (χ2n) is 9.68. The molecule has 0 aliphatic carbocycles. The number of sulfonamides is 1. The van der Waals surface area contributed by atoms with Gasteiger partial charge in [0.05, 0.1) is 10.8 Å². The summed E-state index contributed by atoms with van der Waals surface area (Å²) in [6.07, 6.45) is 5.35. The van der Waals surface area contributed by atoms with Crippen LogP contribution in [-0.4, -0.2) is 55.6 Å². The monoisotopic (exact) mass is 449 g/mol. The normalized spacial score (nSPS) is 21.4. The highest BCUT2D eigenvalue weighted by atomic mass is 32.2. The van der Waals surface area contributed by atoms with Crippen LogP contribution in [0.2, 0.25) is 0 Å². The highest BCUT2D eigenvalue weighted by Gasteiger charge is 2.33. The molecule has 0 saturated carbocycles. The van der Waals surface area contributed by atoms with Crippen molar-refractivity contribution < 1.29 is 18.0 Å². The average molecular weight is 450 g/mol. The number of benzene rings is 1. The summed E-state index contributed by atoms with van der Waals surface area (Å²) in [5.74, 6) is -0.419. The maximum atomic E-state index is 13.1. The minimum Gasteiger partial charge on any atom is -0.341 e. The number of likely N-dealkylation sites (tertiary alicyclic amines) is 1. The van der Waals surface area contributed by atoms with Gasteiger partial charge in [0, 0.05) is 37.3 Å². The van der Waals surface area contributed by atoms with Crippen LogP contribution in [0.25, 0.3) is 0 Å². The molecule has 8 heteroatoms. The quantitative estimate of drug-likeness (QED) is 0.762. The molecular formula is C23H35N3O4S. The zero-order chi connectivity index (χ0) is 22.6. The lowest BCUT2D eigenvalue weighted by atomic mass is 9.91. The lowest BCUT2D eigenvalue weighted by Gasteiger charge is -2.35. The van der Waals surface area contributed by atoms with Gasteiger partial charge in [0.25, 0.3) is 0 Å². The molecule has 1 unspecified atom stereocenters. The fourth-order valence-corrected chi connectivity index (χ4v) is 5.82. The van der Waals surface area contributed by atoms with E-state index < -0.39 is 15.4 Å². The third-order valence-electron chi connectivity index (χ3n) is 6.03. The van der Waals surface area contributed by atoms with Gasteiger partial charge in [-0.05, 0) is 43.9 Å². The summed E-state index contributed by atoms with van der Waals surface area (Å²) in [5.41, 5.74) is -0.00541. The van der Waals surface area contributed by atoms with E-state index in [1.165, 1.54) is 0 Å². The van der Waals surface area contributed by atoms with Crippen LogP contribution < -0.4 is 5.32 Å². The first kappa shape index (κ1) is 23.7. The number of carbonyl (C=O) groups excluding carboxylic acids is 2.